The van der Waals surface area contributed by atoms with E-state index in [2.05, 4.69) is 37.3 Å². The predicted molar refractivity (Wildman–Crippen MR) is 221 cm³/mol. The molecule has 0 unspecified atom stereocenters. The predicted octanol–water partition coefficient (Wildman–Crippen LogP) is 5.96. The molecule has 0 spiro atoms. The van der Waals surface area contributed by atoms with Gasteiger partial charge < -0.3 is 47.8 Å². The fourth-order valence-electron chi connectivity index (χ4n) is 4.71. The molecule has 2 saturated heterocycles. The lowest BCUT2D eigenvalue weighted by Gasteiger charge is -2.19. The van der Waals surface area contributed by atoms with Crippen molar-refractivity contribution in [3.05, 3.63) is 162 Å². The second-order valence-electron chi connectivity index (χ2n) is 12.7. The van der Waals surface area contributed by atoms with Crippen LogP contribution in [0.15, 0.2) is 153 Å². The first-order chi connectivity index (χ1) is 27.9. The van der Waals surface area contributed by atoms with Crippen molar-refractivity contribution in [3.63, 3.8) is 0 Å². The number of hydrogen-bond acceptors (Lipinski definition) is 11. The second-order valence-corrected chi connectivity index (χ2v) is 13.9. The monoisotopic (exact) mass is 890 g/mol. The third kappa shape index (κ3) is 18.0. The lowest BCUT2D eigenvalue weighted by molar-refractivity contribution is 0.0125. The van der Waals surface area contributed by atoms with Crippen LogP contribution in [0.4, 0.5) is 0 Å². The highest BCUT2D eigenvalue weighted by Crippen LogP contribution is 2.15. The van der Waals surface area contributed by atoms with Crippen molar-refractivity contribution < 1.29 is 43.4 Å². The average molecular weight is 891 g/mol. The number of aliphatic hydroxyl groups excluding tert-OH is 2. The molecule has 300 valence electrons. The van der Waals surface area contributed by atoms with E-state index < -0.39 is 12.2 Å². The van der Waals surface area contributed by atoms with Gasteiger partial charge in [-0.3, -0.25) is 0 Å². The molecule has 2 aromatic heterocycles. The van der Waals surface area contributed by atoms with Crippen molar-refractivity contribution in [1.82, 2.24) is 19.1 Å². The van der Waals surface area contributed by atoms with E-state index in [0.29, 0.717) is 31.4 Å². The zero-order valence-corrected chi connectivity index (χ0v) is 33.5. The summed E-state index contributed by atoms with van der Waals surface area (Å²) < 4.78 is 36.6. The van der Waals surface area contributed by atoms with Gasteiger partial charge in [-0.05, 0) is 83.3 Å². The summed E-state index contributed by atoms with van der Waals surface area (Å²) in [5.74, 6) is 2.07. The van der Waals surface area contributed by atoms with Gasteiger partial charge in [0, 0.05) is 28.4 Å². The molecule has 2 aliphatic heterocycles. The minimum atomic E-state index is -0.533. The fourth-order valence-corrected chi connectivity index (χ4v) is 5.07. The molecule has 0 radical (unpaired) electrons. The third-order valence-corrected chi connectivity index (χ3v) is 8.58. The second kappa shape index (κ2) is 24.4. The smallest absolute Gasteiger partial charge is 0.338 e. The lowest BCUT2D eigenvalue weighted by atomic mass is 10.2. The highest BCUT2D eigenvalue weighted by Gasteiger charge is 2.23. The Kier molecular flexibility index (Phi) is 18.3. The Bertz CT molecular complexity index is 1910. The van der Waals surface area contributed by atoms with Crippen LogP contribution in [0.5, 0.6) is 17.2 Å². The van der Waals surface area contributed by atoms with Gasteiger partial charge >= 0.3 is 5.97 Å². The van der Waals surface area contributed by atoms with Crippen molar-refractivity contribution in [3.8, 4) is 17.2 Å². The van der Waals surface area contributed by atoms with Crippen LogP contribution in [0.25, 0.3) is 0 Å². The van der Waals surface area contributed by atoms with E-state index in [0.717, 1.165) is 34.0 Å². The quantitative estimate of drug-likeness (QED) is 0.0673. The number of nitrogens with zero attached hydrogens (tertiary/aromatic N) is 4. The summed E-state index contributed by atoms with van der Waals surface area (Å²) in [5, 5.41) is 17.8. The number of carbonyl (C=O) groups is 1. The third-order valence-electron chi connectivity index (χ3n) is 7.86. The van der Waals surface area contributed by atoms with Gasteiger partial charge in [-0.1, -0.05) is 54.6 Å². The number of halogens is 1. The number of para-hydroxylation sites is 3. The number of hydrogen-bond donors (Lipinski definition) is 2. The number of epoxide rings is 2. The Labute approximate surface area is 345 Å². The molecular weight excluding hydrogens is 843 g/mol. The standard InChI is InChI=1S/C19H17IN2O3.C12H14N2O2.C9H10O2.C3H6O2/c20-16-8-6-15(7-9-16)19(23)25-18(12-22-11-10-21-14-22)13-24-17-4-2-1-3-5-17;15-11(8-14-7-6-13-10-14)9-16-12-4-2-1-3-5-12;1-2-4-8(5-3-1)10-6-9-7-11-9;4-1-3-2-5-3/h1-11,14,18H,12-13H2;1-7,10-11,15H,8-9H2;1-5,9H,6-7H2;3-4H,1-2H2/t18-;11-;9-;3-/m1100/s1. The number of aromatic nitrogens is 4. The maximum atomic E-state index is 12.4. The first-order valence-electron chi connectivity index (χ1n) is 18.4. The fraction of sp³-hybridized carbons (Fsp3) is 0.279. The van der Waals surface area contributed by atoms with Gasteiger partial charge in [0.05, 0.1) is 51.1 Å². The van der Waals surface area contributed by atoms with Crippen LogP contribution in [0.3, 0.4) is 0 Å². The summed E-state index contributed by atoms with van der Waals surface area (Å²) in [6.07, 6.45) is 9.95. The number of ether oxygens (including phenoxy) is 6. The van der Waals surface area contributed by atoms with Gasteiger partial charge in [-0.15, -0.1) is 0 Å². The highest BCUT2D eigenvalue weighted by atomic mass is 127. The van der Waals surface area contributed by atoms with E-state index >= 15 is 0 Å². The molecule has 0 saturated carbocycles. The molecule has 4 heterocycles. The molecule has 2 fully saturated rings. The summed E-state index contributed by atoms with van der Waals surface area (Å²) in [6, 6.07) is 36.0. The molecule has 4 atom stereocenters. The molecule has 14 heteroatoms. The largest absolute Gasteiger partial charge is 0.491 e. The van der Waals surface area contributed by atoms with E-state index in [9.17, 15) is 9.90 Å². The number of esters is 1. The molecule has 0 aliphatic carbocycles. The van der Waals surface area contributed by atoms with Crippen molar-refractivity contribution in [2.45, 2.75) is 37.5 Å². The molecule has 4 aromatic carbocycles. The van der Waals surface area contributed by atoms with Crippen LogP contribution >= 0.6 is 22.6 Å². The zero-order chi connectivity index (χ0) is 39.9. The molecule has 13 nitrogen and oxygen atoms in total. The molecule has 0 amide bonds. The Morgan fingerprint density at radius 1 is 0.702 bits per heavy atom. The lowest BCUT2D eigenvalue weighted by Crippen LogP contribution is -2.29. The number of benzene rings is 4. The summed E-state index contributed by atoms with van der Waals surface area (Å²) in [5.41, 5.74) is 0.524. The SMILES string of the molecule is O=C(O[C@@H](COc1ccccc1)Cn1ccnc1)c1ccc(I)cc1.OC[C@H]1CO1.O[C@@H](COc1ccccc1)Cn1ccnc1.c1ccc(OC[C@H]2CO2)cc1. The van der Waals surface area contributed by atoms with Gasteiger partial charge in [0.25, 0.3) is 0 Å². The minimum Gasteiger partial charge on any atom is -0.491 e. The number of aliphatic hydroxyl groups is 2. The van der Waals surface area contributed by atoms with Crippen molar-refractivity contribution in [2.75, 3.05) is 39.6 Å². The molecule has 57 heavy (non-hydrogen) atoms. The minimum absolute atomic E-state index is 0.190. The highest BCUT2D eigenvalue weighted by molar-refractivity contribution is 14.1. The van der Waals surface area contributed by atoms with E-state index in [-0.39, 0.29) is 31.9 Å². The summed E-state index contributed by atoms with van der Waals surface area (Å²) in [6.45, 7) is 4.00. The van der Waals surface area contributed by atoms with Crippen LogP contribution in [0, 0.1) is 3.57 Å². The van der Waals surface area contributed by atoms with Crippen LogP contribution in [0.1, 0.15) is 10.4 Å². The molecule has 2 aliphatic rings. The Hall–Kier alpha value is -5.26. The maximum Gasteiger partial charge on any atom is 0.338 e. The van der Waals surface area contributed by atoms with Crippen molar-refractivity contribution >= 4 is 28.6 Å². The molecule has 6 aromatic rings. The van der Waals surface area contributed by atoms with Crippen LogP contribution in [-0.4, -0.2) is 99.3 Å². The van der Waals surface area contributed by atoms with Gasteiger partial charge in [-0.25, -0.2) is 14.8 Å². The van der Waals surface area contributed by atoms with E-state index in [1.54, 1.807) is 37.2 Å². The van der Waals surface area contributed by atoms with Crippen molar-refractivity contribution in [1.29, 1.82) is 0 Å². The maximum absolute atomic E-state index is 12.4. The molecular formula is C43H47IN4O9. The van der Waals surface area contributed by atoms with E-state index in [1.807, 2.05) is 125 Å². The van der Waals surface area contributed by atoms with Gasteiger partial charge in [0.1, 0.15) is 55.4 Å². The normalized spacial score (nSPS) is 15.7. The number of carbonyl (C=O) groups excluding carboxylic acids is 1. The van der Waals surface area contributed by atoms with Gasteiger partial charge in [0.2, 0.25) is 0 Å². The molecule has 0 bridgehead atoms. The molecule has 8 rings (SSSR count). The Morgan fingerprint density at radius 2 is 1.19 bits per heavy atom. The summed E-state index contributed by atoms with van der Waals surface area (Å²) >= 11 is 2.20. The van der Waals surface area contributed by atoms with Crippen LogP contribution in [-0.2, 0) is 27.3 Å². The number of imidazole rings is 2. The van der Waals surface area contributed by atoms with Crippen molar-refractivity contribution in [2.24, 2.45) is 0 Å². The number of rotatable bonds is 16. The van der Waals surface area contributed by atoms with Gasteiger partial charge in [0.15, 0.2) is 6.10 Å². The first kappa shape index (κ1) is 42.9. The Balaban J connectivity index is 0.000000164. The topological polar surface area (TPSA) is 155 Å². The summed E-state index contributed by atoms with van der Waals surface area (Å²) in [7, 11) is 0. The summed E-state index contributed by atoms with van der Waals surface area (Å²) in [4.78, 5) is 20.3. The average Bonchev–Trinajstić information content (AvgIpc) is 4.17. The molecule has 2 N–H and O–H groups in total. The zero-order valence-electron chi connectivity index (χ0n) is 31.3. The van der Waals surface area contributed by atoms with Gasteiger partial charge in [-0.2, -0.15) is 0 Å². The van der Waals surface area contributed by atoms with E-state index in [4.69, 9.17) is 28.8 Å². The van der Waals surface area contributed by atoms with E-state index in [1.165, 1.54) is 0 Å². The Morgan fingerprint density at radius 3 is 1.65 bits per heavy atom. The van der Waals surface area contributed by atoms with Crippen LogP contribution < -0.4 is 14.2 Å². The van der Waals surface area contributed by atoms with Crippen LogP contribution in [0.2, 0.25) is 0 Å². The first-order valence-corrected chi connectivity index (χ1v) is 19.4.